The third kappa shape index (κ3) is 4.90. The van der Waals surface area contributed by atoms with E-state index in [0.717, 1.165) is 30.6 Å². The summed E-state index contributed by atoms with van der Waals surface area (Å²) in [5.41, 5.74) is 2.70. The van der Waals surface area contributed by atoms with E-state index in [4.69, 9.17) is 0 Å². The number of rotatable bonds is 10. The summed E-state index contributed by atoms with van der Waals surface area (Å²) in [6, 6.07) is 10.3. The van der Waals surface area contributed by atoms with Crippen LogP contribution in [0.2, 0.25) is 0 Å². The summed E-state index contributed by atoms with van der Waals surface area (Å²) in [4.78, 5) is 35.6. The molecule has 0 aliphatic carbocycles. The lowest BCUT2D eigenvalue weighted by Crippen LogP contribution is -2.38. The van der Waals surface area contributed by atoms with Crippen LogP contribution in [0.3, 0.4) is 0 Å². The molecule has 32 heavy (non-hydrogen) atoms. The number of amides is 1. The molecule has 1 atom stereocenters. The van der Waals surface area contributed by atoms with E-state index < -0.39 is 11.4 Å². The van der Waals surface area contributed by atoms with E-state index in [9.17, 15) is 14.6 Å². The van der Waals surface area contributed by atoms with Gasteiger partial charge in [-0.3, -0.25) is 4.79 Å². The first-order valence-electron chi connectivity index (χ1n) is 11.5. The highest BCUT2D eigenvalue weighted by Gasteiger charge is 2.39. The average molecular weight is 457 g/mol. The van der Waals surface area contributed by atoms with Crippen LogP contribution in [0.25, 0.3) is 0 Å². The monoisotopic (exact) mass is 456 g/mol. The summed E-state index contributed by atoms with van der Waals surface area (Å²) < 4.78 is 0. The molecule has 0 radical (unpaired) electrons. The lowest BCUT2D eigenvalue weighted by molar-refractivity contribution is 0.100. The molecule has 1 unspecified atom stereocenters. The second-order valence-electron chi connectivity index (χ2n) is 9.80. The molecule has 1 aromatic carbocycles. The zero-order chi connectivity index (χ0) is 24.2. The number of benzene rings is 1. The lowest BCUT2D eigenvalue weighted by atomic mass is 9.71. The summed E-state index contributed by atoms with van der Waals surface area (Å²) in [6.07, 6.45) is 4.17. The Morgan fingerprint density at radius 3 is 2.09 bits per heavy atom. The van der Waals surface area contributed by atoms with Gasteiger partial charge in [0.2, 0.25) is 0 Å². The smallest absolute Gasteiger partial charge is 0.262 e. The highest BCUT2D eigenvalue weighted by Crippen LogP contribution is 2.43. The molecular weight excluding hydrogens is 420 g/mol. The second-order valence-corrected chi connectivity index (χ2v) is 10.9. The second kappa shape index (κ2) is 10.2. The molecule has 5 nitrogen and oxygen atoms in total. The zero-order valence-electron chi connectivity index (χ0n) is 20.4. The molecule has 0 fully saturated rings. The van der Waals surface area contributed by atoms with Crippen LogP contribution in [0.5, 0.6) is 0 Å². The Labute approximate surface area is 196 Å². The van der Waals surface area contributed by atoms with Gasteiger partial charge in [0, 0.05) is 15.5 Å². The number of hydrogen-bond donors (Lipinski definition) is 0. The van der Waals surface area contributed by atoms with Crippen LogP contribution >= 0.6 is 11.3 Å². The molecule has 2 rings (SSSR count). The fraction of sp³-hybridized carbons (Fsp3) is 0.577. The van der Waals surface area contributed by atoms with Gasteiger partial charge in [0.1, 0.15) is 5.54 Å². The van der Waals surface area contributed by atoms with Crippen molar-refractivity contribution in [2.75, 3.05) is 0 Å². The van der Waals surface area contributed by atoms with E-state index >= 15 is 0 Å². The molecule has 1 aromatic heterocycles. The topological polar surface area (TPSA) is 75.9 Å². The number of aryl methyl sites for hydroxylation is 2. The number of hydrogen-bond acceptors (Lipinski definition) is 5. The zero-order valence-corrected chi connectivity index (χ0v) is 21.3. The minimum absolute atomic E-state index is 0.203. The summed E-state index contributed by atoms with van der Waals surface area (Å²) in [6.45, 7) is 14.6. The molecule has 0 bridgehead atoms. The van der Waals surface area contributed by atoms with E-state index in [0.29, 0.717) is 11.3 Å². The van der Waals surface area contributed by atoms with E-state index in [1.807, 2.05) is 13.0 Å². The van der Waals surface area contributed by atoms with Gasteiger partial charge in [-0.05, 0) is 73.3 Å². The number of nitrogens with zero attached hydrogens (tertiary/aromatic N) is 2. The summed E-state index contributed by atoms with van der Waals surface area (Å²) in [7, 11) is 0. The Morgan fingerprint density at radius 1 is 0.938 bits per heavy atom. The first-order chi connectivity index (χ1) is 15.0. The van der Waals surface area contributed by atoms with Crippen LogP contribution in [0.1, 0.15) is 99.0 Å². The first kappa shape index (κ1) is 26.0. The number of carbonyl (C=O) groups is 1. The van der Waals surface area contributed by atoms with Gasteiger partial charge in [-0.1, -0.05) is 64.9 Å². The van der Waals surface area contributed by atoms with E-state index in [-0.39, 0.29) is 10.8 Å². The number of nitroso groups, excluding NO2 is 2. The average Bonchev–Trinajstić information content (AvgIpc) is 3.28. The van der Waals surface area contributed by atoms with Crippen molar-refractivity contribution < 1.29 is 4.79 Å². The van der Waals surface area contributed by atoms with Gasteiger partial charge in [-0.15, -0.1) is 16.2 Å². The maximum absolute atomic E-state index is 11.8. The normalized spacial score (nSPS) is 14.1. The maximum Gasteiger partial charge on any atom is 0.326 e. The van der Waals surface area contributed by atoms with E-state index in [1.165, 1.54) is 28.0 Å². The third-order valence-corrected chi connectivity index (χ3v) is 8.69. The third-order valence-electron chi connectivity index (χ3n) is 7.42. The standard InChI is InChI=1S/C26H36N2O3S/c1-8-18-17-20(12-11-19(18)15-16-25(7,28-31)24(4,5)6)26(9-2,10-3)22-14-13-21(32-22)23(29)27-30/h11-14,17H,8-10,15-16H2,1-7H3. The van der Waals surface area contributed by atoms with Crippen molar-refractivity contribution >= 4 is 17.2 Å². The molecule has 1 heterocycles. The highest BCUT2D eigenvalue weighted by atomic mass is 32.1. The Balaban J connectivity index is 2.44. The molecule has 0 saturated heterocycles. The Morgan fingerprint density at radius 2 is 1.59 bits per heavy atom. The summed E-state index contributed by atoms with van der Waals surface area (Å²) in [5.74, 6) is -0.711. The van der Waals surface area contributed by atoms with E-state index in [2.05, 4.69) is 70.1 Å². The van der Waals surface area contributed by atoms with Gasteiger partial charge in [-0.2, -0.15) is 4.91 Å². The van der Waals surface area contributed by atoms with Crippen molar-refractivity contribution in [2.24, 2.45) is 15.8 Å². The number of carbonyl (C=O) groups excluding carboxylic acids is 1. The van der Waals surface area contributed by atoms with Crippen molar-refractivity contribution in [3.63, 3.8) is 0 Å². The fourth-order valence-corrected chi connectivity index (χ4v) is 5.57. The van der Waals surface area contributed by atoms with Crippen LogP contribution in [-0.4, -0.2) is 11.4 Å². The number of thiophene rings is 1. The van der Waals surface area contributed by atoms with Crippen molar-refractivity contribution in [1.29, 1.82) is 0 Å². The first-order valence-corrected chi connectivity index (χ1v) is 12.3. The van der Waals surface area contributed by atoms with Crippen molar-refractivity contribution in [3.8, 4) is 0 Å². The largest absolute Gasteiger partial charge is 0.326 e. The Bertz CT molecular complexity index is 970. The highest BCUT2D eigenvalue weighted by molar-refractivity contribution is 7.14. The van der Waals surface area contributed by atoms with Crippen LogP contribution in [0.4, 0.5) is 0 Å². The molecule has 2 aromatic rings. The van der Waals surface area contributed by atoms with Crippen LogP contribution in [0.15, 0.2) is 40.7 Å². The lowest BCUT2D eigenvalue weighted by Gasteiger charge is -2.36. The van der Waals surface area contributed by atoms with Crippen molar-refractivity contribution in [1.82, 2.24) is 0 Å². The molecule has 1 amide bonds. The van der Waals surface area contributed by atoms with Crippen molar-refractivity contribution in [3.05, 3.63) is 66.6 Å². The molecule has 174 valence electrons. The fourth-order valence-electron chi connectivity index (χ4n) is 4.34. The van der Waals surface area contributed by atoms with Gasteiger partial charge in [0.05, 0.1) is 4.88 Å². The molecule has 0 aliphatic rings. The minimum Gasteiger partial charge on any atom is -0.262 e. The van der Waals surface area contributed by atoms with Crippen LogP contribution in [-0.2, 0) is 18.3 Å². The molecule has 0 aliphatic heterocycles. The maximum atomic E-state index is 11.8. The quantitative estimate of drug-likeness (QED) is 0.342. The molecular formula is C26H36N2O3S. The van der Waals surface area contributed by atoms with Crippen molar-refractivity contribution in [2.45, 2.75) is 91.5 Å². The van der Waals surface area contributed by atoms with Gasteiger partial charge >= 0.3 is 5.91 Å². The van der Waals surface area contributed by atoms with Gasteiger partial charge in [0.15, 0.2) is 0 Å². The minimum atomic E-state index is -0.711. The van der Waals surface area contributed by atoms with Gasteiger partial charge in [-0.25, -0.2) is 0 Å². The van der Waals surface area contributed by atoms with Crippen LogP contribution < -0.4 is 0 Å². The SMILES string of the molecule is CCc1cc(C(CC)(CC)c2ccc(C(=O)N=O)s2)ccc1CCC(C)(N=O)C(C)(C)C. The predicted molar refractivity (Wildman–Crippen MR) is 134 cm³/mol. The van der Waals surface area contributed by atoms with Crippen LogP contribution in [0, 0.1) is 15.2 Å². The van der Waals surface area contributed by atoms with E-state index in [1.54, 1.807) is 6.07 Å². The molecule has 6 heteroatoms. The molecule has 0 spiro atoms. The molecule has 0 N–H and O–H groups in total. The predicted octanol–water partition coefficient (Wildman–Crippen LogP) is 7.83. The van der Waals surface area contributed by atoms with Gasteiger partial charge in [0.25, 0.3) is 0 Å². The Hall–Kier alpha value is -2.21. The van der Waals surface area contributed by atoms with Gasteiger partial charge < -0.3 is 0 Å². The molecule has 0 saturated carbocycles. The summed E-state index contributed by atoms with van der Waals surface area (Å²) >= 11 is 1.36. The summed E-state index contributed by atoms with van der Waals surface area (Å²) in [5, 5.41) is 6.08. The Kier molecular flexibility index (Phi) is 8.27.